The van der Waals surface area contributed by atoms with Crippen LogP contribution in [0.4, 0.5) is 0 Å². The summed E-state index contributed by atoms with van der Waals surface area (Å²) in [5.74, 6) is -1.22. The first-order valence-electron chi connectivity index (χ1n) is 9.56. The largest absolute Gasteiger partial charge is 0.506 e. The number of carbonyl (C=O) groups is 2. The second-order valence-corrected chi connectivity index (χ2v) is 10.2. The van der Waals surface area contributed by atoms with Crippen LogP contribution in [-0.4, -0.2) is 55.7 Å². The van der Waals surface area contributed by atoms with Crippen molar-refractivity contribution in [2.75, 3.05) is 19.8 Å². The summed E-state index contributed by atoms with van der Waals surface area (Å²) in [4.78, 5) is 25.1. The molecule has 0 spiro atoms. The summed E-state index contributed by atoms with van der Waals surface area (Å²) in [6.07, 6.45) is 0.662. The van der Waals surface area contributed by atoms with Crippen LogP contribution < -0.4 is 0 Å². The number of carbonyl (C=O) groups excluding carboxylic acids is 2. The quantitative estimate of drug-likeness (QED) is 0.343. The highest BCUT2D eigenvalue weighted by atomic mass is 32.2. The molecule has 0 bridgehead atoms. The van der Waals surface area contributed by atoms with Gasteiger partial charge in [-0.05, 0) is 37.0 Å². The number of hydrazone groups is 1. The van der Waals surface area contributed by atoms with Crippen LogP contribution in [0.2, 0.25) is 0 Å². The minimum atomic E-state index is -3.49. The minimum Gasteiger partial charge on any atom is -0.506 e. The number of hydrogen-bond acceptors (Lipinski definition) is 7. The van der Waals surface area contributed by atoms with Crippen LogP contribution in [-0.2, 0) is 19.4 Å². The number of nitrogens with zero attached hydrogens (tertiary/aromatic N) is 2. The van der Waals surface area contributed by atoms with Gasteiger partial charge < -0.3 is 10.1 Å². The fraction of sp³-hybridized carbons (Fsp3) is 0.476. The van der Waals surface area contributed by atoms with E-state index in [0.717, 1.165) is 0 Å². The lowest BCUT2D eigenvalue weighted by Gasteiger charge is -2.26. The number of benzene rings is 1. The van der Waals surface area contributed by atoms with E-state index in [0.29, 0.717) is 28.0 Å². The molecule has 0 saturated heterocycles. The van der Waals surface area contributed by atoms with Crippen molar-refractivity contribution < 1.29 is 23.1 Å². The Balaban J connectivity index is 2.32. The molecule has 0 unspecified atom stereocenters. The number of aliphatic hydroxyl groups excluding tert-OH is 1. The van der Waals surface area contributed by atoms with Gasteiger partial charge in [0.25, 0.3) is 0 Å². The van der Waals surface area contributed by atoms with E-state index in [9.17, 15) is 23.1 Å². The van der Waals surface area contributed by atoms with Crippen LogP contribution in [0.25, 0.3) is 5.76 Å². The molecule has 1 N–H and O–H groups in total. The Bertz CT molecular complexity index is 1060. The molecule has 156 valence electrons. The van der Waals surface area contributed by atoms with Gasteiger partial charge in [-0.3, -0.25) is 9.59 Å². The van der Waals surface area contributed by atoms with Crippen LogP contribution in [0.1, 0.15) is 48.4 Å². The molecule has 0 atom stereocenters. The van der Waals surface area contributed by atoms with Crippen molar-refractivity contribution in [3.8, 4) is 0 Å². The van der Waals surface area contributed by atoms with Gasteiger partial charge in [0.15, 0.2) is 21.4 Å². The summed E-state index contributed by atoms with van der Waals surface area (Å²) in [6.45, 7) is 5.17. The maximum atomic E-state index is 12.7. The number of aryl methyl sites for hydroxylation is 1. The van der Waals surface area contributed by atoms with Gasteiger partial charge >= 0.3 is 0 Å². The first kappa shape index (κ1) is 21.2. The van der Waals surface area contributed by atoms with Crippen molar-refractivity contribution in [2.24, 2.45) is 11.0 Å². The van der Waals surface area contributed by atoms with Crippen molar-refractivity contribution in [3.63, 3.8) is 0 Å². The number of hydrogen-bond donors (Lipinski definition) is 1. The Hall–Kier alpha value is -2.48. The summed E-state index contributed by atoms with van der Waals surface area (Å²) < 4.78 is 25.5. The first-order chi connectivity index (χ1) is 13.4. The number of ketones is 2. The molecule has 1 aliphatic carbocycles. The highest BCUT2D eigenvalue weighted by Crippen LogP contribution is 2.37. The number of aliphatic hydroxyl groups is 1. The molecule has 1 aromatic rings. The molecule has 2 aliphatic rings. The lowest BCUT2D eigenvalue weighted by Crippen LogP contribution is -2.28. The SMILES string of the molecule is Cc1cc(C(O)=C2C(=O)CC(C)CC2=O)c(C)c2c1S(=O)(=O)CC/C2=N\N(C)C. The molecule has 0 aromatic heterocycles. The van der Waals surface area contributed by atoms with Crippen molar-refractivity contribution in [1.29, 1.82) is 0 Å². The molecule has 29 heavy (non-hydrogen) atoms. The molecule has 1 saturated carbocycles. The van der Waals surface area contributed by atoms with E-state index >= 15 is 0 Å². The smallest absolute Gasteiger partial charge is 0.179 e. The van der Waals surface area contributed by atoms with E-state index in [1.807, 2.05) is 6.92 Å². The van der Waals surface area contributed by atoms with Crippen LogP contribution in [0, 0.1) is 19.8 Å². The van der Waals surface area contributed by atoms with E-state index in [4.69, 9.17) is 0 Å². The topological polar surface area (TPSA) is 104 Å². The maximum Gasteiger partial charge on any atom is 0.179 e. The number of sulfone groups is 1. The normalized spacial score (nSPS) is 22.6. The third-order valence-electron chi connectivity index (χ3n) is 5.37. The zero-order valence-corrected chi connectivity index (χ0v) is 18.2. The Morgan fingerprint density at radius 2 is 1.76 bits per heavy atom. The molecule has 8 heteroatoms. The summed E-state index contributed by atoms with van der Waals surface area (Å²) in [5, 5.41) is 17.0. The van der Waals surface area contributed by atoms with Crippen molar-refractivity contribution >= 4 is 32.9 Å². The van der Waals surface area contributed by atoms with Crippen LogP contribution in [0.5, 0.6) is 0 Å². The van der Waals surface area contributed by atoms with Gasteiger partial charge in [-0.1, -0.05) is 6.92 Å². The van der Waals surface area contributed by atoms with Gasteiger partial charge in [0.1, 0.15) is 11.3 Å². The molecule has 1 heterocycles. The van der Waals surface area contributed by atoms with E-state index in [1.165, 1.54) is 0 Å². The molecule has 7 nitrogen and oxygen atoms in total. The monoisotopic (exact) mass is 418 g/mol. The summed E-state index contributed by atoms with van der Waals surface area (Å²) in [6, 6.07) is 1.55. The van der Waals surface area contributed by atoms with Gasteiger partial charge in [-0.25, -0.2) is 8.42 Å². The molecule has 1 aromatic carbocycles. The van der Waals surface area contributed by atoms with Crippen LogP contribution in [0.3, 0.4) is 0 Å². The second kappa shape index (κ2) is 7.40. The fourth-order valence-electron chi connectivity index (χ4n) is 4.15. The third-order valence-corrected chi connectivity index (χ3v) is 7.26. The van der Waals surface area contributed by atoms with Crippen molar-refractivity contribution in [3.05, 3.63) is 33.9 Å². The Labute approximate surface area is 171 Å². The second-order valence-electron chi connectivity index (χ2n) is 8.12. The average molecular weight is 419 g/mol. The zero-order chi connectivity index (χ0) is 21.7. The summed E-state index contributed by atoms with van der Waals surface area (Å²) in [7, 11) is 0.0126. The summed E-state index contributed by atoms with van der Waals surface area (Å²) >= 11 is 0. The predicted octanol–water partition coefficient (Wildman–Crippen LogP) is 2.58. The predicted molar refractivity (Wildman–Crippen MR) is 111 cm³/mol. The Morgan fingerprint density at radius 1 is 1.17 bits per heavy atom. The lowest BCUT2D eigenvalue weighted by molar-refractivity contribution is -0.125. The van der Waals surface area contributed by atoms with Crippen LogP contribution >= 0.6 is 0 Å². The number of allylic oxidation sites excluding steroid dienone is 1. The third kappa shape index (κ3) is 3.73. The number of rotatable bonds is 2. The highest BCUT2D eigenvalue weighted by Gasteiger charge is 2.35. The van der Waals surface area contributed by atoms with Gasteiger partial charge in [0.05, 0.1) is 16.4 Å². The maximum absolute atomic E-state index is 12.7. The molecular formula is C21H26N2O5S. The molecular weight excluding hydrogens is 392 g/mol. The van der Waals surface area contributed by atoms with E-state index in [-0.39, 0.29) is 58.7 Å². The molecule has 3 rings (SSSR count). The zero-order valence-electron chi connectivity index (χ0n) is 17.4. The van der Waals surface area contributed by atoms with Gasteiger partial charge in [0.2, 0.25) is 0 Å². The van der Waals surface area contributed by atoms with Crippen molar-refractivity contribution in [1.82, 2.24) is 5.01 Å². The first-order valence-corrected chi connectivity index (χ1v) is 11.2. The lowest BCUT2D eigenvalue weighted by atomic mass is 9.82. The van der Waals surface area contributed by atoms with Crippen molar-refractivity contribution in [2.45, 2.75) is 44.9 Å². The van der Waals surface area contributed by atoms with E-state index in [1.54, 1.807) is 39.0 Å². The van der Waals surface area contributed by atoms with E-state index in [2.05, 4.69) is 5.10 Å². The standard InChI is InChI=1S/C21H26N2O5S/c1-11-8-16(24)19(17(25)9-11)20(26)14-10-12(2)21-18(13(14)3)15(22-23(4)5)6-7-29(21,27)28/h10-11,26H,6-9H2,1-5H3/b20-19?,22-15+. The molecule has 1 aliphatic heterocycles. The molecule has 0 radical (unpaired) electrons. The minimum absolute atomic E-state index is 0.0335. The highest BCUT2D eigenvalue weighted by molar-refractivity contribution is 7.91. The summed E-state index contributed by atoms with van der Waals surface area (Å²) in [5.41, 5.74) is 2.14. The average Bonchev–Trinajstić information content (AvgIpc) is 2.58. The molecule has 0 amide bonds. The molecule has 1 fully saturated rings. The Kier molecular flexibility index (Phi) is 5.42. The van der Waals surface area contributed by atoms with Gasteiger partial charge in [0, 0.05) is 44.5 Å². The fourth-order valence-corrected chi connectivity index (χ4v) is 5.95. The van der Waals surface area contributed by atoms with Gasteiger partial charge in [-0.15, -0.1) is 0 Å². The Morgan fingerprint density at radius 3 is 2.31 bits per heavy atom. The number of Topliss-reactive ketones (excluding diaryl/α,β-unsaturated/α-hetero) is 2. The van der Waals surface area contributed by atoms with Gasteiger partial charge in [-0.2, -0.15) is 5.10 Å². The number of fused-ring (bicyclic) bond motifs is 1. The van der Waals surface area contributed by atoms with E-state index < -0.39 is 9.84 Å². The van der Waals surface area contributed by atoms with Crippen LogP contribution in [0.15, 0.2) is 21.6 Å².